The van der Waals surface area contributed by atoms with Crippen molar-refractivity contribution < 1.29 is 0 Å². The molecule has 1 aromatic rings. The summed E-state index contributed by atoms with van der Waals surface area (Å²) in [6.45, 7) is 7.02. The van der Waals surface area contributed by atoms with Crippen molar-refractivity contribution in [2.24, 2.45) is 16.6 Å². The van der Waals surface area contributed by atoms with E-state index in [4.69, 9.17) is 5.73 Å². The number of hydrogen-bond acceptors (Lipinski definition) is 2. The monoisotopic (exact) mass is 426 g/mol. The second-order valence-electron chi connectivity index (χ2n) is 6.41. The molecule has 23 heavy (non-hydrogen) atoms. The summed E-state index contributed by atoms with van der Waals surface area (Å²) < 4.78 is 0. The molecule has 1 fully saturated rings. The summed E-state index contributed by atoms with van der Waals surface area (Å²) in [5, 5.41) is 0. The fourth-order valence-corrected chi connectivity index (χ4v) is 3.21. The predicted molar refractivity (Wildman–Crippen MR) is 109 cm³/mol. The summed E-state index contributed by atoms with van der Waals surface area (Å²) in [4.78, 5) is 9.18. The van der Waals surface area contributed by atoms with E-state index >= 15 is 0 Å². The van der Waals surface area contributed by atoms with Gasteiger partial charge in [-0.05, 0) is 36.5 Å². The molecule has 5 heteroatoms. The molecule has 1 saturated heterocycles. The molecule has 0 bridgehead atoms. The Morgan fingerprint density at radius 3 is 2.83 bits per heavy atom. The molecule has 2 aliphatic rings. The molecule has 0 radical (unpaired) electrons. The molecule has 0 spiro atoms. The normalized spacial score (nSPS) is 21.4. The third kappa shape index (κ3) is 4.86. The van der Waals surface area contributed by atoms with Crippen LogP contribution in [0.4, 0.5) is 5.69 Å². The zero-order valence-electron chi connectivity index (χ0n) is 13.8. The quantitative estimate of drug-likeness (QED) is 0.350. The van der Waals surface area contributed by atoms with E-state index in [2.05, 4.69) is 58.1 Å². The zero-order chi connectivity index (χ0) is 15.4. The third-order valence-electron chi connectivity index (χ3n) is 4.50. The lowest BCUT2D eigenvalue weighted by Gasteiger charge is -2.31. The minimum atomic E-state index is 0. The average molecular weight is 426 g/mol. The number of likely N-dealkylation sites (tertiary alicyclic amines) is 1. The lowest BCUT2D eigenvalue weighted by Crippen LogP contribution is -2.43. The van der Waals surface area contributed by atoms with E-state index in [1.54, 1.807) is 0 Å². The molecule has 1 aromatic carbocycles. The number of piperidine rings is 1. The molecule has 0 amide bonds. The number of anilines is 1. The van der Waals surface area contributed by atoms with Gasteiger partial charge in [0, 0.05) is 31.9 Å². The number of nitrogens with zero attached hydrogens (tertiary/aromatic N) is 3. The van der Waals surface area contributed by atoms with Crippen LogP contribution in [-0.4, -0.2) is 37.0 Å². The molecule has 2 aliphatic heterocycles. The van der Waals surface area contributed by atoms with Crippen molar-refractivity contribution in [3.63, 3.8) is 0 Å². The summed E-state index contributed by atoms with van der Waals surface area (Å²) in [5.41, 5.74) is 8.66. The number of halogens is 1. The van der Waals surface area contributed by atoms with Gasteiger partial charge in [0.15, 0.2) is 5.96 Å². The molecule has 1 unspecified atom stereocenters. The first-order valence-electron chi connectivity index (χ1n) is 8.26. The topological polar surface area (TPSA) is 44.9 Å². The Morgan fingerprint density at radius 1 is 1.30 bits per heavy atom. The highest BCUT2D eigenvalue weighted by molar-refractivity contribution is 14.0. The van der Waals surface area contributed by atoms with Crippen molar-refractivity contribution >= 4 is 35.6 Å². The van der Waals surface area contributed by atoms with Gasteiger partial charge in [-0.15, -0.1) is 24.0 Å². The van der Waals surface area contributed by atoms with Crippen molar-refractivity contribution in [3.05, 3.63) is 42.0 Å². The first kappa shape index (κ1) is 18.1. The molecule has 4 nitrogen and oxygen atoms in total. The SMILES string of the molecule is CC1CCCN(C(N)=NCc2cccc(N3CC=CC3)c2)C1.I. The van der Waals surface area contributed by atoms with Gasteiger partial charge in [0.25, 0.3) is 0 Å². The Kier molecular flexibility index (Phi) is 6.74. The summed E-state index contributed by atoms with van der Waals surface area (Å²) >= 11 is 0. The van der Waals surface area contributed by atoms with Crippen LogP contribution in [0.25, 0.3) is 0 Å². The highest BCUT2D eigenvalue weighted by atomic mass is 127. The van der Waals surface area contributed by atoms with Crippen molar-refractivity contribution in [2.75, 3.05) is 31.1 Å². The summed E-state index contributed by atoms with van der Waals surface area (Å²) in [6.07, 6.45) is 6.94. The van der Waals surface area contributed by atoms with E-state index in [0.29, 0.717) is 18.4 Å². The van der Waals surface area contributed by atoms with Crippen LogP contribution in [0.1, 0.15) is 25.3 Å². The van der Waals surface area contributed by atoms with Crippen LogP contribution in [-0.2, 0) is 6.54 Å². The van der Waals surface area contributed by atoms with Crippen LogP contribution in [0.5, 0.6) is 0 Å². The Hall–Kier alpha value is -1.24. The maximum atomic E-state index is 6.17. The van der Waals surface area contributed by atoms with Crippen molar-refractivity contribution in [1.82, 2.24) is 4.90 Å². The first-order valence-corrected chi connectivity index (χ1v) is 8.26. The van der Waals surface area contributed by atoms with E-state index in [1.165, 1.54) is 24.1 Å². The molecular weight excluding hydrogens is 399 g/mol. The fraction of sp³-hybridized carbons (Fsp3) is 0.500. The Balaban J connectivity index is 0.00000192. The molecule has 126 valence electrons. The standard InChI is InChI=1S/C18H26N4.HI/c1-15-6-5-11-22(14-15)18(19)20-13-16-7-4-8-17(12-16)21-9-2-3-10-21;/h2-4,7-8,12,15H,5-6,9-11,13-14H2,1H3,(H2,19,20);1H. The van der Waals surface area contributed by atoms with Gasteiger partial charge in [0.05, 0.1) is 6.54 Å². The van der Waals surface area contributed by atoms with E-state index in [9.17, 15) is 0 Å². The van der Waals surface area contributed by atoms with Crippen LogP contribution in [0, 0.1) is 5.92 Å². The first-order chi connectivity index (χ1) is 10.7. The van der Waals surface area contributed by atoms with Gasteiger partial charge in [-0.2, -0.15) is 0 Å². The molecule has 0 aliphatic carbocycles. The van der Waals surface area contributed by atoms with Gasteiger partial charge < -0.3 is 15.5 Å². The van der Waals surface area contributed by atoms with Gasteiger partial charge in [-0.3, -0.25) is 0 Å². The Bertz CT molecular complexity index is 562. The molecule has 2 N–H and O–H groups in total. The van der Waals surface area contributed by atoms with Gasteiger partial charge >= 0.3 is 0 Å². The minimum absolute atomic E-state index is 0. The van der Waals surface area contributed by atoms with Gasteiger partial charge in [0.1, 0.15) is 0 Å². The summed E-state index contributed by atoms with van der Waals surface area (Å²) in [5.74, 6) is 1.41. The number of rotatable bonds is 3. The summed E-state index contributed by atoms with van der Waals surface area (Å²) in [7, 11) is 0. The highest BCUT2D eigenvalue weighted by Gasteiger charge is 2.17. The second-order valence-corrected chi connectivity index (χ2v) is 6.41. The lowest BCUT2D eigenvalue weighted by molar-refractivity contribution is 0.270. The molecule has 2 heterocycles. The van der Waals surface area contributed by atoms with Crippen LogP contribution < -0.4 is 10.6 Å². The Morgan fingerprint density at radius 2 is 2.09 bits per heavy atom. The van der Waals surface area contributed by atoms with E-state index in [1.807, 2.05) is 0 Å². The van der Waals surface area contributed by atoms with Gasteiger partial charge in [-0.1, -0.05) is 31.2 Å². The maximum absolute atomic E-state index is 6.17. The molecule has 0 aromatic heterocycles. The highest BCUT2D eigenvalue weighted by Crippen LogP contribution is 2.19. The van der Waals surface area contributed by atoms with E-state index in [-0.39, 0.29) is 24.0 Å². The molecular formula is C18H27IN4. The number of guanidine groups is 1. The fourth-order valence-electron chi connectivity index (χ4n) is 3.21. The molecule has 3 rings (SSSR count). The average Bonchev–Trinajstić information content (AvgIpc) is 3.07. The number of aliphatic imine (C=N–C) groups is 1. The van der Waals surface area contributed by atoms with E-state index < -0.39 is 0 Å². The number of nitrogens with two attached hydrogens (primary N) is 1. The second kappa shape index (κ2) is 8.57. The van der Waals surface area contributed by atoms with Crippen LogP contribution in [0.3, 0.4) is 0 Å². The third-order valence-corrected chi connectivity index (χ3v) is 4.50. The lowest BCUT2D eigenvalue weighted by atomic mass is 10.0. The molecule has 0 saturated carbocycles. The summed E-state index contributed by atoms with van der Waals surface area (Å²) in [6, 6.07) is 8.62. The van der Waals surface area contributed by atoms with Crippen molar-refractivity contribution in [3.8, 4) is 0 Å². The maximum Gasteiger partial charge on any atom is 0.191 e. The van der Waals surface area contributed by atoms with Crippen LogP contribution in [0.15, 0.2) is 41.4 Å². The van der Waals surface area contributed by atoms with Gasteiger partial charge in [0.2, 0.25) is 0 Å². The smallest absolute Gasteiger partial charge is 0.191 e. The van der Waals surface area contributed by atoms with E-state index in [0.717, 1.165) is 26.2 Å². The predicted octanol–water partition coefficient (Wildman–Crippen LogP) is 3.23. The number of hydrogen-bond donors (Lipinski definition) is 1. The zero-order valence-corrected chi connectivity index (χ0v) is 16.1. The van der Waals surface area contributed by atoms with Crippen molar-refractivity contribution in [2.45, 2.75) is 26.3 Å². The van der Waals surface area contributed by atoms with Gasteiger partial charge in [-0.25, -0.2) is 4.99 Å². The van der Waals surface area contributed by atoms with Crippen molar-refractivity contribution in [1.29, 1.82) is 0 Å². The minimum Gasteiger partial charge on any atom is -0.370 e. The van der Waals surface area contributed by atoms with Crippen LogP contribution >= 0.6 is 24.0 Å². The van der Waals surface area contributed by atoms with Crippen LogP contribution in [0.2, 0.25) is 0 Å². The molecule has 1 atom stereocenters. The number of benzene rings is 1. The Labute approximate surface area is 156 Å². The largest absolute Gasteiger partial charge is 0.370 e.